The van der Waals surface area contributed by atoms with Gasteiger partial charge in [-0.3, -0.25) is 0 Å². The van der Waals surface area contributed by atoms with E-state index in [9.17, 15) is 0 Å². The van der Waals surface area contributed by atoms with Crippen LogP contribution in [0.25, 0.3) is 0 Å². The first-order valence-corrected chi connectivity index (χ1v) is 0. The van der Waals surface area contributed by atoms with Gasteiger partial charge in [-0.15, -0.1) is 0 Å². The Labute approximate surface area is 55.8 Å². The van der Waals surface area contributed by atoms with Gasteiger partial charge in [-0.2, -0.15) is 0 Å². The molecule has 0 saturated carbocycles. The molecule has 0 aliphatic rings. The maximum Gasteiger partial charge on any atom is 0 e. The van der Waals surface area contributed by atoms with Gasteiger partial charge in [-0.05, 0) is 0 Å². The minimum absolute atomic E-state index is 0. The maximum atomic E-state index is 0. The fourth-order valence-electron chi connectivity index (χ4n) is 0. The number of rotatable bonds is 0. The van der Waals surface area contributed by atoms with Crippen LogP contribution >= 0.6 is 0 Å². The zero-order chi connectivity index (χ0) is 0. The van der Waals surface area contributed by atoms with Crippen molar-refractivity contribution < 1.29 is 0 Å². The van der Waals surface area contributed by atoms with E-state index in [1.54, 1.807) is 0 Å². The molecule has 0 unspecified atom stereocenters. The molecule has 19 valence electrons. The van der Waals surface area contributed by atoms with Crippen LogP contribution in [0.3, 0.4) is 0 Å². The normalized spacial score (nSPS) is 0. The molecule has 0 bridgehead atoms. The molecule has 0 aromatic heterocycles. The van der Waals surface area contributed by atoms with Crippen molar-refractivity contribution in [1.82, 2.24) is 0 Å². The summed E-state index contributed by atoms with van der Waals surface area (Å²) >= 11 is 0. The van der Waals surface area contributed by atoms with Crippen LogP contribution in [0, 0.1) is 0 Å². The average Bonchev–Trinajstić information content (AvgIpc) is 0. The largest absolute Gasteiger partial charge is 0.0776 e. The Morgan fingerprint density at radius 1 is 1.00 bits per heavy atom. The van der Waals surface area contributed by atoms with Crippen molar-refractivity contribution in [2.45, 2.75) is 7.43 Å². The topological polar surface area (TPSA) is 0 Å². The Morgan fingerprint density at radius 2 is 1.00 bits per heavy atom. The first kappa shape index (κ1) is 53.5. The van der Waals surface area contributed by atoms with Gasteiger partial charge in [-0.25, -0.2) is 0 Å². The van der Waals surface area contributed by atoms with Crippen molar-refractivity contribution >= 4 is 48.4 Å². The van der Waals surface area contributed by atoms with Gasteiger partial charge in [0.2, 0.25) is 0 Å². The smallest absolute Gasteiger partial charge is 0 e. The van der Waals surface area contributed by atoms with E-state index in [-0.39, 0.29) is 55.8 Å². The second kappa shape index (κ2) is 26.0. The molecule has 0 spiro atoms. The Balaban J connectivity index is 0. The van der Waals surface area contributed by atoms with E-state index in [1.807, 2.05) is 0 Å². The minimum Gasteiger partial charge on any atom is -0.0776 e. The third kappa shape index (κ3) is 10.0. The number of hydrogen-bond acceptors (Lipinski definition) is 0. The van der Waals surface area contributed by atoms with Crippen LogP contribution in [0.4, 0.5) is 0 Å². The molecule has 0 heterocycles. The van der Waals surface area contributed by atoms with Gasteiger partial charge in [-0.1, -0.05) is 7.43 Å². The van der Waals surface area contributed by atoms with E-state index in [2.05, 4.69) is 0 Å². The second-order valence-electron chi connectivity index (χ2n) is 0. The summed E-state index contributed by atoms with van der Waals surface area (Å²) in [4.78, 5) is 0. The second-order valence-corrected chi connectivity index (χ2v) is 0. The fourth-order valence-corrected chi connectivity index (χ4v) is 0. The Bertz CT molecular complexity index is 8.00. The summed E-state index contributed by atoms with van der Waals surface area (Å²) in [6.07, 6.45) is 0. The van der Waals surface area contributed by atoms with E-state index in [1.165, 1.54) is 0 Å². The van der Waals surface area contributed by atoms with Crippen molar-refractivity contribution in [3.05, 3.63) is 0 Å². The molecule has 0 atom stereocenters. The van der Waals surface area contributed by atoms with Crippen LogP contribution in [0.2, 0.25) is 0 Å². The van der Waals surface area contributed by atoms with Crippen LogP contribution in [0.15, 0.2) is 0 Å². The van der Waals surface area contributed by atoms with E-state index in [0.717, 1.165) is 0 Å². The van der Waals surface area contributed by atoms with Gasteiger partial charge in [0.25, 0.3) is 0 Å². The molecule has 0 aromatic rings. The van der Waals surface area contributed by atoms with Crippen molar-refractivity contribution in [3.8, 4) is 0 Å². The van der Waals surface area contributed by atoms with Crippen LogP contribution in [0.5, 0.6) is 0 Å². The summed E-state index contributed by atoms with van der Waals surface area (Å²) in [5, 5.41) is 0. The summed E-state index contributed by atoms with van der Waals surface area (Å²) in [7, 11) is 0. The molecule has 0 amide bonds. The van der Waals surface area contributed by atoms with Crippen molar-refractivity contribution in [2.24, 2.45) is 0 Å². The molecular formula is CH4GaGeSi. The molecule has 0 rings (SSSR count). The van der Waals surface area contributed by atoms with Crippen molar-refractivity contribution in [3.63, 3.8) is 0 Å². The monoisotopic (exact) mass is 187 g/mol. The Kier molecular flexibility index (Phi) is 348. The molecule has 0 aromatic carbocycles. The molecule has 0 nitrogen and oxygen atoms in total. The van der Waals surface area contributed by atoms with Crippen LogP contribution in [-0.2, 0) is 0 Å². The standard InChI is InChI=1S/CH4.Ga.Ge.Si/h1H4;;;. The zero-order valence-corrected chi connectivity index (χ0v) is 7.10. The molecule has 0 saturated heterocycles. The summed E-state index contributed by atoms with van der Waals surface area (Å²) in [5.41, 5.74) is 0. The third-order valence-corrected chi connectivity index (χ3v) is 0. The van der Waals surface area contributed by atoms with Gasteiger partial charge in [0, 0.05) is 48.4 Å². The van der Waals surface area contributed by atoms with E-state index in [0.29, 0.717) is 0 Å². The van der Waals surface area contributed by atoms with E-state index < -0.39 is 0 Å². The fraction of sp³-hybridized carbons (Fsp3) is 1.00. The van der Waals surface area contributed by atoms with Crippen LogP contribution in [-0.4, -0.2) is 48.4 Å². The van der Waals surface area contributed by atoms with Gasteiger partial charge in [0.1, 0.15) is 0 Å². The first-order valence-electron chi connectivity index (χ1n) is 0. The molecule has 0 aliphatic carbocycles. The minimum atomic E-state index is 0. The summed E-state index contributed by atoms with van der Waals surface area (Å²) in [6, 6.07) is 0. The van der Waals surface area contributed by atoms with Crippen molar-refractivity contribution in [2.75, 3.05) is 0 Å². The van der Waals surface area contributed by atoms with Gasteiger partial charge in [0.05, 0.1) is 0 Å². The molecule has 3 heteroatoms. The number of hydrogen-bond donors (Lipinski definition) is 0. The van der Waals surface area contributed by atoms with Crippen molar-refractivity contribution in [1.29, 1.82) is 0 Å². The first-order chi connectivity index (χ1) is 0. The molecule has 0 aliphatic heterocycles. The van der Waals surface area contributed by atoms with E-state index in [4.69, 9.17) is 0 Å². The van der Waals surface area contributed by atoms with Gasteiger partial charge < -0.3 is 0 Å². The van der Waals surface area contributed by atoms with Crippen LogP contribution in [0.1, 0.15) is 7.43 Å². The SMILES string of the molecule is C.[Ga].[Ge].[Si]. The average molecular weight is 186 g/mol. The summed E-state index contributed by atoms with van der Waals surface area (Å²) in [5.74, 6) is 0. The summed E-state index contributed by atoms with van der Waals surface area (Å²) in [6.45, 7) is 0. The quantitative estimate of drug-likeness (QED) is 0.447. The molecule has 0 N–H and O–H groups in total. The van der Waals surface area contributed by atoms with Gasteiger partial charge in [0.15, 0.2) is 0 Å². The Morgan fingerprint density at radius 3 is 1.00 bits per heavy atom. The maximum absolute atomic E-state index is 0. The zero-order valence-electron chi connectivity index (χ0n) is 1.58. The Hall–Kier alpha value is 1.40. The summed E-state index contributed by atoms with van der Waals surface area (Å²) < 4.78 is 0. The van der Waals surface area contributed by atoms with E-state index >= 15 is 0 Å². The predicted octanol–water partition coefficient (Wildman–Crippen LogP) is -0.506. The predicted molar refractivity (Wildman–Crippen MR) is 24.0 cm³/mol. The molecule has 0 fully saturated rings. The van der Waals surface area contributed by atoms with Crippen LogP contribution < -0.4 is 0 Å². The third-order valence-electron chi connectivity index (χ3n) is 0. The van der Waals surface area contributed by atoms with Gasteiger partial charge >= 0.3 is 0 Å². The molecule has 4 heavy (non-hydrogen) atoms. The molecule has 11 radical (unpaired) electrons. The molecular weight excluding hydrogens is 182 g/mol.